The molecule has 8 heteroatoms. The molecule has 2 aromatic heterocycles. The van der Waals surface area contributed by atoms with Crippen LogP contribution in [-0.4, -0.2) is 41.3 Å². The van der Waals surface area contributed by atoms with E-state index in [-0.39, 0.29) is 0 Å². The summed E-state index contributed by atoms with van der Waals surface area (Å²) < 4.78 is 5.19. The molecule has 0 saturated carbocycles. The number of rotatable bonds is 7. The van der Waals surface area contributed by atoms with Crippen LogP contribution in [0.5, 0.6) is 0 Å². The molecule has 0 unspecified atom stereocenters. The molecule has 0 amide bonds. The second-order valence-electron chi connectivity index (χ2n) is 4.13. The van der Waals surface area contributed by atoms with Gasteiger partial charge in [-0.15, -0.1) is 0 Å². The fourth-order valence-corrected chi connectivity index (χ4v) is 1.54. The third-order valence-corrected chi connectivity index (χ3v) is 2.48. The van der Waals surface area contributed by atoms with Crippen molar-refractivity contribution in [1.29, 1.82) is 0 Å². The Bertz CT molecular complexity index is 558. The third kappa shape index (κ3) is 4.16. The summed E-state index contributed by atoms with van der Waals surface area (Å²) in [4.78, 5) is 12.9. The fraction of sp³-hybridized carbons (Fsp3) is 0.385. The zero-order valence-electron chi connectivity index (χ0n) is 12.4. The molecular formula is C13H19N7O. The zero-order chi connectivity index (χ0) is 15.1. The van der Waals surface area contributed by atoms with Crippen LogP contribution < -0.4 is 15.6 Å². The van der Waals surface area contributed by atoms with Crippen LogP contribution in [0.1, 0.15) is 19.6 Å². The third-order valence-electron chi connectivity index (χ3n) is 2.48. The van der Waals surface area contributed by atoms with Crippen LogP contribution >= 0.6 is 0 Å². The van der Waals surface area contributed by atoms with Crippen molar-refractivity contribution in [3.63, 3.8) is 0 Å². The minimum atomic E-state index is 0.444. The minimum absolute atomic E-state index is 0.444. The molecule has 0 atom stereocenters. The number of hydrogen-bond donors (Lipinski definition) is 2. The Morgan fingerprint density at radius 3 is 2.38 bits per heavy atom. The lowest BCUT2D eigenvalue weighted by molar-refractivity contribution is 0.560. The van der Waals surface area contributed by atoms with Gasteiger partial charge in [0.15, 0.2) is 0 Å². The first kappa shape index (κ1) is 14.8. The van der Waals surface area contributed by atoms with Crippen molar-refractivity contribution < 1.29 is 4.42 Å². The number of nitrogens with one attached hydrogen (secondary N) is 2. The van der Waals surface area contributed by atoms with Crippen molar-refractivity contribution in [3.05, 3.63) is 24.2 Å². The molecule has 0 aromatic carbocycles. The van der Waals surface area contributed by atoms with Crippen LogP contribution in [0.3, 0.4) is 0 Å². The van der Waals surface area contributed by atoms with Gasteiger partial charge in [-0.25, -0.2) is 5.01 Å². The maximum absolute atomic E-state index is 5.19. The lowest BCUT2D eigenvalue weighted by Gasteiger charge is -2.13. The summed E-state index contributed by atoms with van der Waals surface area (Å²) in [6.07, 6.45) is 3.19. The summed E-state index contributed by atoms with van der Waals surface area (Å²) in [6, 6.07) is 3.62. The smallest absolute Gasteiger partial charge is 0.252 e. The van der Waals surface area contributed by atoms with Crippen molar-refractivity contribution in [2.24, 2.45) is 5.10 Å². The predicted octanol–water partition coefficient (Wildman–Crippen LogP) is 1.80. The normalized spacial score (nSPS) is 10.8. The molecule has 0 aliphatic heterocycles. The summed E-state index contributed by atoms with van der Waals surface area (Å²) in [5.41, 5.74) is 0. The molecule has 2 heterocycles. The van der Waals surface area contributed by atoms with E-state index in [1.807, 2.05) is 19.9 Å². The average molecular weight is 289 g/mol. The van der Waals surface area contributed by atoms with Gasteiger partial charge in [0.25, 0.3) is 5.95 Å². The highest BCUT2D eigenvalue weighted by Gasteiger charge is 2.09. The number of anilines is 3. The largest absolute Gasteiger partial charge is 0.463 e. The van der Waals surface area contributed by atoms with Crippen LogP contribution in [0.2, 0.25) is 0 Å². The van der Waals surface area contributed by atoms with Gasteiger partial charge in [-0.1, -0.05) is 0 Å². The molecule has 0 aliphatic carbocycles. The molecule has 112 valence electrons. The van der Waals surface area contributed by atoms with Gasteiger partial charge in [0.05, 0.1) is 12.5 Å². The molecule has 2 rings (SSSR count). The van der Waals surface area contributed by atoms with Gasteiger partial charge in [-0.3, -0.25) is 0 Å². The highest BCUT2D eigenvalue weighted by Crippen LogP contribution is 2.12. The molecule has 0 radical (unpaired) electrons. The summed E-state index contributed by atoms with van der Waals surface area (Å²) in [5, 5.41) is 12.0. The van der Waals surface area contributed by atoms with E-state index < -0.39 is 0 Å². The molecular weight excluding hydrogens is 270 g/mol. The van der Waals surface area contributed by atoms with Crippen molar-refractivity contribution in [3.8, 4) is 0 Å². The second-order valence-corrected chi connectivity index (χ2v) is 4.13. The van der Waals surface area contributed by atoms with E-state index in [0.717, 1.165) is 13.1 Å². The number of hydrazone groups is 1. The van der Waals surface area contributed by atoms with Crippen molar-refractivity contribution >= 4 is 24.1 Å². The Kier molecular flexibility index (Phi) is 5.08. The maximum atomic E-state index is 5.19. The summed E-state index contributed by atoms with van der Waals surface area (Å²) in [7, 11) is 1.76. The monoisotopic (exact) mass is 289 g/mol. The summed E-state index contributed by atoms with van der Waals surface area (Å²) in [5.74, 6) is 2.13. The molecule has 0 fully saturated rings. The standard InChI is InChI=1S/C13H19N7O/c1-4-14-11-17-12(15-5-2)19-13(18-11)20(3)16-9-10-7-6-8-21-10/h6-9H,4-5H2,1-3H3,(H2,14,15,17,18,19). The first-order valence-electron chi connectivity index (χ1n) is 6.78. The fourth-order valence-electron chi connectivity index (χ4n) is 1.54. The number of furan rings is 1. The van der Waals surface area contributed by atoms with Gasteiger partial charge in [0.1, 0.15) is 5.76 Å². The van der Waals surface area contributed by atoms with Crippen LogP contribution in [0.4, 0.5) is 17.8 Å². The summed E-state index contributed by atoms with van der Waals surface area (Å²) in [6.45, 7) is 5.42. The predicted molar refractivity (Wildman–Crippen MR) is 82.9 cm³/mol. The molecule has 2 N–H and O–H groups in total. The Labute approximate surface area is 123 Å². The van der Waals surface area contributed by atoms with E-state index in [2.05, 4.69) is 30.7 Å². The van der Waals surface area contributed by atoms with Gasteiger partial charge in [-0.05, 0) is 26.0 Å². The van der Waals surface area contributed by atoms with Gasteiger partial charge in [0.2, 0.25) is 11.9 Å². The van der Waals surface area contributed by atoms with E-state index in [4.69, 9.17) is 4.42 Å². The maximum Gasteiger partial charge on any atom is 0.252 e. The SMILES string of the molecule is CCNc1nc(NCC)nc(N(C)N=Cc2ccco2)n1. The number of aromatic nitrogens is 3. The Morgan fingerprint density at radius 2 is 1.86 bits per heavy atom. The summed E-state index contributed by atoms with van der Waals surface area (Å²) >= 11 is 0. The molecule has 0 aliphatic rings. The molecule has 2 aromatic rings. The van der Waals surface area contributed by atoms with Crippen LogP contribution in [0.15, 0.2) is 27.9 Å². The van der Waals surface area contributed by atoms with E-state index >= 15 is 0 Å². The van der Waals surface area contributed by atoms with Crippen molar-refractivity contribution in [1.82, 2.24) is 15.0 Å². The Morgan fingerprint density at radius 1 is 1.19 bits per heavy atom. The lowest BCUT2D eigenvalue weighted by Crippen LogP contribution is -2.17. The van der Waals surface area contributed by atoms with Crippen LogP contribution in [0.25, 0.3) is 0 Å². The van der Waals surface area contributed by atoms with E-state index in [1.54, 1.807) is 30.6 Å². The quantitative estimate of drug-likeness (QED) is 0.593. The topological polar surface area (TPSA) is 91.5 Å². The highest BCUT2D eigenvalue weighted by molar-refractivity contribution is 5.76. The van der Waals surface area contributed by atoms with Crippen molar-refractivity contribution in [2.45, 2.75) is 13.8 Å². The van der Waals surface area contributed by atoms with Gasteiger partial charge in [-0.2, -0.15) is 20.1 Å². The highest BCUT2D eigenvalue weighted by atomic mass is 16.3. The van der Waals surface area contributed by atoms with Gasteiger partial charge >= 0.3 is 0 Å². The molecule has 0 bridgehead atoms. The molecule has 21 heavy (non-hydrogen) atoms. The van der Waals surface area contributed by atoms with Crippen LogP contribution in [-0.2, 0) is 0 Å². The second kappa shape index (κ2) is 7.22. The van der Waals surface area contributed by atoms with E-state index in [1.165, 1.54) is 0 Å². The first-order valence-corrected chi connectivity index (χ1v) is 6.78. The van der Waals surface area contributed by atoms with Crippen LogP contribution in [0, 0.1) is 0 Å². The zero-order valence-corrected chi connectivity index (χ0v) is 12.4. The minimum Gasteiger partial charge on any atom is -0.463 e. The molecule has 0 saturated heterocycles. The van der Waals surface area contributed by atoms with E-state index in [0.29, 0.717) is 23.6 Å². The number of hydrogen-bond acceptors (Lipinski definition) is 8. The number of nitrogens with zero attached hydrogens (tertiary/aromatic N) is 5. The van der Waals surface area contributed by atoms with Gasteiger partial charge < -0.3 is 15.1 Å². The Hall–Kier alpha value is -2.64. The van der Waals surface area contributed by atoms with Crippen molar-refractivity contribution in [2.75, 3.05) is 35.8 Å². The molecule has 0 spiro atoms. The van der Waals surface area contributed by atoms with E-state index in [9.17, 15) is 0 Å². The Balaban J connectivity index is 2.19. The molecule has 8 nitrogen and oxygen atoms in total. The van der Waals surface area contributed by atoms with Gasteiger partial charge in [0, 0.05) is 20.1 Å². The first-order chi connectivity index (χ1) is 10.2. The average Bonchev–Trinajstić information content (AvgIpc) is 2.98. The lowest BCUT2D eigenvalue weighted by atomic mass is 10.5.